The molecule has 29 heavy (non-hydrogen) atoms. The van der Waals surface area contributed by atoms with Crippen LogP contribution in [-0.4, -0.2) is 22.2 Å². The predicted octanol–water partition coefficient (Wildman–Crippen LogP) is 5.15. The third kappa shape index (κ3) is 4.89. The van der Waals surface area contributed by atoms with Gasteiger partial charge in [-0.05, 0) is 62.6 Å². The minimum atomic E-state index is -0.883. The average molecular weight is 411 g/mol. The molecule has 0 fully saturated rings. The molecule has 152 valence electrons. The molecule has 0 spiro atoms. The molecule has 0 radical (unpaired) electrons. The standard InChI is InChI=1S/C24H27ClN2O2/c1-16-7-4-5-9-20(16)11-12-26-14-22-17(2)27(18(3)23(22)24(28)29)15-19-8-6-10-21(25)13-19/h4-10,13,26H,11-12,14-15H2,1-3H3,(H,28,29). The van der Waals surface area contributed by atoms with E-state index in [-0.39, 0.29) is 0 Å². The Hall–Kier alpha value is -2.56. The zero-order chi connectivity index (χ0) is 21.0. The number of nitrogens with zero attached hydrogens (tertiary/aromatic N) is 1. The van der Waals surface area contributed by atoms with Crippen LogP contribution in [0.15, 0.2) is 48.5 Å². The summed E-state index contributed by atoms with van der Waals surface area (Å²) < 4.78 is 2.06. The van der Waals surface area contributed by atoms with E-state index in [1.54, 1.807) is 0 Å². The van der Waals surface area contributed by atoms with Gasteiger partial charge < -0.3 is 15.0 Å². The average Bonchev–Trinajstić information content (AvgIpc) is 2.91. The van der Waals surface area contributed by atoms with Crippen LogP contribution in [0.5, 0.6) is 0 Å². The molecular weight excluding hydrogens is 384 g/mol. The van der Waals surface area contributed by atoms with E-state index in [9.17, 15) is 9.90 Å². The molecule has 4 nitrogen and oxygen atoms in total. The monoisotopic (exact) mass is 410 g/mol. The molecule has 0 saturated carbocycles. The highest BCUT2D eigenvalue weighted by Gasteiger charge is 2.22. The molecule has 1 aromatic heterocycles. The number of nitrogens with one attached hydrogen (secondary N) is 1. The van der Waals surface area contributed by atoms with Gasteiger partial charge in [0.2, 0.25) is 0 Å². The lowest BCUT2D eigenvalue weighted by molar-refractivity contribution is 0.0694. The van der Waals surface area contributed by atoms with Crippen LogP contribution in [0.2, 0.25) is 5.02 Å². The van der Waals surface area contributed by atoms with Crippen molar-refractivity contribution in [3.63, 3.8) is 0 Å². The first-order valence-corrected chi connectivity index (χ1v) is 10.2. The first kappa shape index (κ1) is 21.2. The molecule has 0 unspecified atom stereocenters. The van der Waals surface area contributed by atoms with E-state index in [2.05, 4.69) is 28.9 Å². The van der Waals surface area contributed by atoms with Crippen molar-refractivity contribution in [2.45, 2.75) is 40.3 Å². The van der Waals surface area contributed by atoms with Gasteiger partial charge in [-0.2, -0.15) is 0 Å². The van der Waals surface area contributed by atoms with Gasteiger partial charge in [0.25, 0.3) is 0 Å². The first-order valence-electron chi connectivity index (χ1n) is 9.80. The fraction of sp³-hybridized carbons (Fsp3) is 0.292. The third-order valence-corrected chi connectivity index (χ3v) is 5.72. The van der Waals surface area contributed by atoms with Crippen LogP contribution in [0.25, 0.3) is 0 Å². The molecule has 3 rings (SSSR count). The van der Waals surface area contributed by atoms with E-state index >= 15 is 0 Å². The molecule has 0 saturated heterocycles. The summed E-state index contributed by atoms with van der Waals surface area (Å²) in [5, 5.41) is 13.9. The van der Waals surface area contributed by atoms with Gasteiger partial charge in [0.15, 0.2) is 0 Å². The Balaban J connectivity index is 1.77. The first-order chi connectivity index (χ1) is 13.9. The Bertz CT molecular complexity index is 1020. The summed E-state index contributed by atoms with van der Waals surface area (Å²) in [6, 6.07) is 16.0. The smallest absolute Gasteiger partial charge is 0.337 e. The van der Waals surface area contributed by atoms with E-state index < -0.39 is 5.97 Å². The van der Waals surface area contributed by atoms with E-state index in [0.717, 1.165) is 35.5 Å². The zero-order valence-corrected chi connectivity index (χ0v) is 17.9. The highest BCUT2D eigenvalue weighted by molar-refractivity contribution is 6.30. The fourth-order valence-corrected chi connectivity index (χ4v) is 4.04. The van der Waals surface area contributed by atoms with Crippen molar-refractivity contribution >= 4 is 17.6 Å². The Labute approximate surface area is 177 Å². The summed E-state index contributed by atoms with van der Waals surface area (Å²) in [6.45, 7) is 7.90. The molecule has 3 aromatic rings. The van der Waals surface area contributed by atoms with Crippen LogP contribution in [0.3, 0.4) is 0 Å². The van der Waals surface area contributed by atoms with E-state index in [0.29, 0.717) is 23.7 Å². The second-order valence-corrected chi connectivity index (χ2v) is 7.84. The third-order valence-electron chi connectivity index (χ3n) is 5.49. The van der Waals surface area contributed by atoms with E-state index in [1.807, 2.05) is 50.2 Å². The number of aromatic nitrogens is 1. The van der Waals surface area contributed by atoms with Crippen molar-refractivity contribution in [3.8, 4) is 0 Å². The number of hydrogen-bond acceptors (Lipinski definition) is 2. The molecular formula is C24H27ClN2O2. The lowest BCUT2D eigenvalue weighted by Gasteiger charge is -2.11. The normalized spacial score (nSPS) is 11.0. The van der Waals surface area contributed by atoms with Gasteiger partial charge in [-0.25, -0.2) is 4.79 Å². The molecule has 0 atom stereocenters. The molecule has 0 aliphatic carbocycles. The van der Waals surface area contributed by atoms with Gasteiger partial charge >= 0.3 is 5.97 Å². The van der Waals surface area contributed by atoms with Crippen LogP contribution in [0, 0.1) is 20.8 Å². The Kier molecular flexibility index (Phi) is 6.78. The quantitative estimate of drug-likeness (QED) is 0.505. The lowest BCUT2D eigenvalue weighted by atomic mass is 10.1. The number of aryl methyl sites for hydroxylation is 1. The van der Waals surface area contributed by atoms with Gasteiger partial charge in [-0.1, -0.05) is 48.0 Å². The number of carboxylic acid groups (broad SMARTS) is 1. The minimum Gasteiger partial charge on any atom is -0.478 e. The predicted molar refractivity (Wildman–Crippen MR) is 118 cm³/mol. The van der Waals surface area contributed by atoms with Crippen molar-refractivity contribution in [1.82, 2.24) is 9.88 Å². The molecule has 5 heteroatoms. The Morgan fingerprint density at radius 2 is 1.83 bits per heavy atom. The highest BCUT2D eigenvalue weighted by Crippen LogP contribution is 2.24. The summed E-state index contributed by atoms with van der Waals surface area (Å²) >= 11 is 6.11. The SMILES string of the molecule is Cc1ccccc1CCNCc1c(C(=O)O)c(C)n(Cc2cccc(Cl)c2)c1C. The molecule has 0 aliphatic rings. The summed E-state index contributed by atoms with van der Waals surface area (Å²) in [6.07, 6.45) is 0.913. The van der Waals surface area contributed by atoms with Gasteiger partial charge in [-0.3, -0.25) is 0 Å². The van der Waals surface area contributed by atoms with Crippen LogP contribution in [-0.2, 0) is 19.5 Å². The number of rotatable bonds is 8. The van der Waals surface area contributed by atoms with E-state index in [1.165, 1.54) is 11.1 Å². The number of carboxylic acids is 1. The van der Waals surface area contributed by atoms with Crippen LogP contribution < -0.4 is 5.32 Å². The van der Waals surface area contributed by atoms with Crippen molar-refractivity contribution in [2.24, 2.45) is 0 Å². The molecule has 2 aromatic carbocycles. The van der Waals surface area contributed by atoms with Crippen molar-refractivity contribution in [1.29, 1.82) is 0 Å². The summed E-state index contributed by atoms with van der Waals surface area (Å²) in [4.78, 5) is 12.0. The number of benzene rings is 2. The molecule has 2 N–H and O–H groups in total. The largest absolute Gasteiger partial charge is 0.478 e. The Morgan fingerprint density at radius 3 is 2.52 bits per heavy atom. The van der Waals surface area contributed by atoms with Crippen LogP contribution >= 0.6 is 11.6 Å². The van der Waals surface area contributed by atoms with Crippen LogP contribution in [0.4, 0.5) is 0 Å². The van der Waals surface area contributed by atoms with Gasteiger partial charge in [0.05, 0.1) is 5.56 Å². The lowest BCUT2D eigenvalue weighted by Crippen LogP contribution is -2.19. The molecule has 1 heterocycles. The van der Waals surface area contributed by atoms with Gasteiger partial charge in [0.1, 0.15) is 0 Å². The topological polar surface area (TPSA) is 54.3 Å². The van der Waals surface area contributed by atoms with Gasteiger partial charge in [0, 0.05) is 35.1 Å². The highest BCUT2D eigenvalue weighted by atomic mass is 35.5. The molecule has 0 bridgehead atoms. The molecule has 0 aliphatic heterocycles. The number of halogens is 1. The summed E-state index contributed by atoms with van der Waals surface area (Å²) in [5.74, 6) is -0.883. The maximum absolute atomic E-state index is 12.0. The Morgan fingerprint density at radius 1 is 1.07 bits per heavy atom. The van der Waals surface area contributed by atoms with Crippen molar-refractivity contribution in [3.05, 3.63) is 92.8 Å². The maximum atomic E-state index is 12.0. The fourth-order valence-electron chi connectivity index (χ4n) is 3.83. The zero-order valence-electron chi connectivity index (χ0n) is 17.1. The van der Waals surface area contributed by atoms with Crippen molar-refractivity contribution in [2.75, 3.05) is 6.54 Å². The number of carbonyl (C=O) groups is 1. The molecule has 0 amide bonds. The second-order valence-electron chi connectivity index (χ2n) is 7.40. The number of aromatic carboxylic acids is 1. The maximum Gasteiger partial charge on any atom is 0.337 e. The van der Waals surface area contributed by atoms with Crippen molar-refractivity contribution < 1.29 is 9.90 Å². The van der Waals surface area contributed by atoms with E-state index in [4.69, 9.17) is 11.6 Å². The van der Waals surface area contributed by atoms with Gasteiger partial charge in [-0.15, -0.1) is 0 Å². The summed E-state index contributed by atoms with van der Waals surface area (Å²) in [7, 11) is 0. The van der Waals surface area contributed by atoms with Crippen LogP contribution in [0.1, 0.15) is 44.0 Å². The summed E-state index contributed by atoms with van der Waals surface area (Å²) in [5.41, 5.74) is 6.63. The minimum absolute atomic E-state index is 0.396. The second kappa shape index (κ2) is 9.29. The number of hydrogen-bond donors (Lipinski definition) is 2.